The third-order valence-corrected chi connectivity index (χ3v) is 3.08. The molecule has 0 atom stereocenters. The number of carboxylic acids is 1. The molecule has 2 aromatic rings. The number of aromatic carboxylic acids is 1. The van der Waals surface area contributed by atoms with Gasteiger partial charge >= 0.3 is 5.97 Å². The quantitative estimate of drug-likeness (QED) is 0.902. The Morgan fingerprint density at radius 2 is 1.86 bits per heavy atom. The second-order valence-electron chi connectivity index (χ2n) is 5.79. The molecule has 5 nitrogen and oxygen atoms in total. The van der Waals surface area contributed by atoms with Gasteiger partial charge in [-0.2, -0.15) is 0 Å². The van der Waals surface area contributed by atoms with Crippen LogP contribution in [-0.2, 0) is 5.41 Å². The van der Waals surface area contributed by atoms with Crippen LogP contribution in [-0.4, -0.2) is 16.1 Å². The van der Waals surface area contributed by atoms with Crippen molar-refractivity contribution in [3.63, 3.8) is 0 Å². The monoisotopic (exact) mass is 286 g/mol. The SMILES string of the molecule is CC(C)(C)c1ccc(Oc2cc(C(=O)O)c(N)cn2)cc1. The first-order valence-electron chi connectivity index (χ1n) is 6.54. The van der Waals surface area contributed by atoms with Crippen molar-refractivity contribution in [3.05, 3.63) is 47.7 Å². The van der Waals surface area contributed by atoms with Crippen molar-refractivity contribution >= 4 is 11.7 Å². The van der Waals surface area contributed by atoms with Gasteiger partial charge in [0, 0.05) is 6.07 Å². The van der Waals surface area contributed by atoms with Gasteiger partial charge in [0.2, 0.25) is 5.88 Å². The van der Waals surface area contributed by atoms with Crippen molar-refractivity contribution in [1.29, 1.82) is 0 Å². The van der Waals surface area contributed by atoms with E-state index in [1.165, 1.54) is 17.8 Å². The number of hydrogen-bond acceptors (Lipinski definition) is 4. The maximum Gasteiger partial charge on any atom is 0.338 e. The lowest BCUT2D eigenvalue weighted by molar-refractivity contribution is 0.0697. The molecule has 1 heterocycles. The highest BCUT2D eigenvalue weighted by Crippen LogP contribution is 2.27. The van der Waals surface area contributed by atoms with Gasteiger partial charge in [-0.25, -0.2) is 9.78 Å². The van der Waals surface area contributed by atoms with Gasteiger partial charge in [0.25, 0.3) is 0 Å². The maximum absolute atomic E-state index is 11.0. The van der Waals surface area contributed by atoms with Gasteiger partial charge in [-0.05, 0) is 23.1 Å². The number of nitrogens with zero attached hydrogens (tertiary/aromatic N) is 1. The lowest BCUT2D eigenvalue weighted by Gasteiger charge is -2.19. The molecule has 0 bridgehead atoms. The molecule has 0 aliphatic rings. The molecule has 1 aromatic heterocycles. The van der Waals surface area contributed by atoms with Crippen molar-refractivity contribution in [2.24, 2.45) is 0 Å². The van der Waals surface area contributed by atoms with E-state index in [-0.39, 0.29) is 22.5 Å². The van der Waals surface area contributed by atoms with E-state index in [1.54, 1.807) is 0 Å². The van der Waals surface area contributed by atoms with Crippen LogP contribution in [0.15, 0.2) is 36.5 Å². The van der Waals surface area contributed by atoms with Crippen LogP contribution < -0.4 is 10.5 Å². The van der Waals surface area contributed by atoms with Crippen molar-refractivity contribution in [2.75, 3.05) is 5.73 Å². The molecule has 21 heavy (non-hydrogen) atoms. The first kappa shape index (κ1) is 14.8. The summed E-state index contributed by atoms with van der Waals surface area (Å²) in [4.78, 5) is 15.0. The number of nitrogens with two attached hydrogens (primary N) is 1. The van der Waals surface area contributed by atoms with Crippen LogP contribution in [0.25, 0.3) is 0 Å². The fraction of sp³-hybridized carbons (Fsp3) is 0.250. The van der Waals surface area contributed by atoms with E-state index < -0.39 is 5.97 Å². The molecule has 110 valence electrons. The van der Waals surface area contributed by atoms with E-state index in [4.69, 9.17) is 15.6 Å². The van der Waals surface area contributed by atoms with Crippen LogP contribution >= 0.6 is 0 Å². The van der Waals surface area contributed by atoms with E-state index in [0.717, 1.165) is 0 Å². The van der Waals surface area contributed by atoms with E-state index in [9.17, 15) is 4.79 Å². The molecule has 1 aromatic carbocycles. The zero-order valence-electron chi connectivity index (χ0n) is 12.3. The molecule has 0 radical (unpaired) electrons. The average Bonchev–Trinajstić information content (AvgIpc) is 2.40. The molecule has 0 aliphatic carbocycles. The van der Waals surface area contributed by atoms with Gasteiger partial charge in [-0.3, -0.25) is 0 Å². The zero-order valence-corrected chi connectivity index (χ0v) is 12.3. The fourth-order valence-corrected chi connectivity index (χ4v) is 1.83. The Morgan fingerprint density at radius 3 is 2.38 bits per heavy atom. The Kier molecular flexibility index (Phi) is 3.84. The van der Waals surface area contributed by atoms with Crippen LogP contribution in [0.5, 0.6) is 11.6 Å². The summed E-state index contributed by atoms with van der Waals surface area (Å²) in [6.45, 7) is 6.39. The van der Waals surface area contributed by atoms with Gasteiger partial charge < -0.3 is 15.6 Å². The van der Waals surface area contributed by atoms with Crippen LogP contribution in [0.2, 0.25) is 0 Å². The van der Waals surface area contributed by atoms with Crippen molar-refractivity contribution in [3.8, 4) is 11.6 Å². The average molecular weight is 286 g/mol. The van der Waals surface area contributed by atoms with Gasteiger partial charge in [0.05, 0.1) is 17.4 Å². The van der Waals surface area contributed by atoms with Gasteiger partial charge in [-0.15, -0.1) is 0 Å². The molecular weight excluding hydrogens is 268 g/mol. The minimum absolute atomic E-state index is 0.0219. The number of benzene rings is 1. The number of rotatable bonds is 3. The Labute approximate surface area is 123 Å². The predicted octanol–water partition coefficient (Wildman–Crippen LogP) is 3.45. The number of carboxylic acid groups (broad SMARTS) is 1. The van der Waals surface area contributed by atoms with E-state index in [0.29, 0.717) is 5.75 Å². The van der Waals surface area contributed by atoms with Crippen LogP contribution in [0, 0.1) is 0 Å². The lowest BCUT2D eigenvalue weighted by Crippen LogP contribution is -2.10. The molecule has 0 fully saturated rings. The second kappa shape index (κ2) is 5.44. The van der Waals surface area contributed by atoms with Crippen molar-refractivity contribution in [2.45, 2.75) is 26.2 Å². The second-order valence-corrected chi connectivity index (χ2v) is 5.79. The molecular formula is C16H18N2O3. The zero-order chi connectivity index (χ0) is 15.6. The molecule has 0 saturated carbocycles. The van der Waals surface area contributed by atoms with Gasteiger partial charge in [0.1, 0.15) is 5.75 Å². The highest BCUT2D eigenvalue weighted by atomic mass is 16.5. The predicted molar refractivity (Wildman–Crippen MR) is 80.8 cm³/mol. The number of hydrogen-bond donors (Lipinski definition) is 2. The highest BCUT2D eigenvalue weighted by Gasteiger charge is 2.14. The fourth-order valence-electron chi connectivity index (χ4n) is 1.83. The summed E-state index contributed by atoms with van der Waals surface area (Å²) in [6.07, 6.45) is 1.28. The smallest absolute Gasteiger partial charge is 0.338 e. The van der Waals surface area contributed by atoms with Crippen molar-refractivity contribution < 1.29 is 14.6 Å². The highest BCUT2D eigenvalue weighted by molar-refractivity contribution is 5.93. The molecule has 0 amide bonds. The minimum atomic E-state index is -1.11. The largest absolute Gasteiger partial charge is 0.478 e. The number of nitrogen functional groups attached to an aromatic ring is 1. The molecule has 3 N–H and O–H groups in total. The maximum atomic E-state index is 11.0. The number of ether oxygens (including phenoxy) is 1. The van der Waals surface area contributed by atoms with Crippen LogP contribution in [0.3, 0.4) is 0 Å². The summed E-state index contributed by atoms with van der Waals surface area (Å²) in [5.41, 5.74) is 6.89. The topological polar surface area (TPSA) is 85.4 Å². The molecule has 0 spiro atoms. The Bertz CT molecular complexity index is 658. The lowest BCUT2D eigenvalue weighted by atomic mass is 9.87. The normalized spacial score (nSPS) is 11.2. The standard InChI is InChI=1S/C16H18N2O3/c1-16(2,3)10-4-6-11(7-5-10)21-14-8-12(15(19)20)13(17)9-18-14/h4-9H,17H2,1-3H3,(H,19,20). The summed E-state index contributed by atoms with van der Waals surface area (Å²) < 4.78 is 5.56. The summed E-state index contributed by atoms with van der Waals surface area (Å²) in [6, 6.07) is 8.93. The number of aromatic nitrogens is 1. The molecule has 0 aliphatic heterocycles. The third-order valence-electron chi connectivity index (χ3n) is 3.08. The van der Waals surface area contributed by atoms with Gasteiger partial charge in [0.15, 0.2) is 0 Å². The van der Waals surface area contributed by atoms with Crippen LogP contribution in [0.4, 0.5) is 5.69 Å². The minimum Gasteiger partial charge on any atom is -0.478 e. The molecule has 0 unspecified atom stereocenters. The Morgan fingerprint density at radius 1 is 1.24 bits per heavy atom. The van der Waals surface area contributed by atoms with E-state index in [1.807, 2.05) is 24.3 Å². The van der Waals surface area contributed by atoms with Gasteiger partial charge in [-0.1, -0.05) is 32.9 Å². The molecule has 2 rings (SSSR count). The number of anilines is 1. The summed E-state index contributed by atoms with van der Waals surface area (Å²) in [5.74, 6) is -0.315. The third kappa shape index (κ3) is 3.51. The Balaban J connectivity index is 2.22. The first-order valence-corrected chi connectivity index (χ1v) is 6.54. The molecule has 0 saturated heterocycles. The van der Waals surface area contributed by atoms with E-state index in [2.05, 4.69) is 25.8 Å². The summed E-state index contributed by atoms with van der Waals surface area (Å²) in [5, 5.41) is 9.02. The Hall–Kier alpha value is -2.56. The summed E-state index contributed by atoms with van der Waals surface area (Å²) in [7, 11) is 0. The van der Waals surface area contributed by atoms with Crippen molar-refractivity contribution in [1.82, 2.24) is 4.98 Å². The van der Waals surface area contributed by atoms with Crippen LogP contribution in [0.1, 0.15) is 36.7 Å². The summed E-state index contributed by atoms with van der Waals surface area (Å²) >= 11 is 0. The van der Waals surface area contributed by atoms with E-state index >= 15 is 0 Å². The number of carbonyl (C=O) groups is 1. The number of pyridine rings is 1. The first-order chi connectivity index (χ1) is 9.77. The molecule has 5 heteroatoms.